The number of benzene rings is 1. The SMILES string of the molecule is C[C@]12C=CC(O)C=C1CC[C@@H]1[C@@H]2[C@@H](O)C[C@@]2(C)[C@H]1C[C@H]1O[C@@H](c3csc(Cc4ccc(NC(=O)[C@H](CCC(=O)O)NC(=O)CNC(=O)CBr)cc4)c3)O[C@]12C(=O)COP(=O)(O)O. The molecule has 7 rings (SSSR count). The Morgan fingerprint density at radius 1 is 1.10 bits per heavy atom. The van der Waals surface area contributed by atoms with Crippen LogP contribution in [0.25, 0.3) is 0 Å². The molecule has 62 heavy (non-hydrogen) atoms. The van der Waals surface area contributed by atoms with Gasteiger partial charge in [-0.3, -0.25) is 28.5 Å². The van der Waals surface area contributed by atoms with Crippen LogP contribution in [0.4, 0.5) is 5.69 Å². The Labute approximate surface area is 370 Å². The van der Waals surface area contributed by atoms with E-state index < -0.39 is 91.0 Å². The maximum absolute atomic E-state index is 14.4. The molecule has 2 aromatic rings. The number of ketones is 1. The molecule has 11 atom stereocenters. The summed E-state index contributed by atoms with van der Waals surface area (Å²) in [5.74, 6) is -3.89. The van der Waals surface area contributed by atoms with E-state index in [-0.39, 0.29) is 48.9 Å². The molecule has 3 amide bonds. The number of alkyl halides is 1. The number of carboxylic acids is 1. The lowest BCUT2D eigenvalue weighted by atomic mass is 9.46. The molecule has 17 nitrogen and oxygen atoms in total. The molecule has 3 saturated carbocycles. The minimum absolute atomic E-state index is 0.0134. The van der Waals surface area contributed by atoms with Crippen LogP contribution in [0.3, 0.4) is 0 Å². The summed E-state index contributed by atoms with van der Waals surface area (Å²) in [5.41, 5.74) is -0.149. The number of halogens is 1. The predicted octanol–water partition coefficient (Wildman–Crippen LogP) is 3.65. The number of aliphatic carboxylic acids is 1. The highest BCUT2D eigenvalue weighted by atomic mass is 79.9. The van der Waals surface area contributed by atoms with Gasteiger partial charge in [-0.25, -0.2) is 4.57 Å². The minimum atomic E-state index is -5.03. The molecular formula is C42H51BrN3O14PS. The Morgan fingerprint density at radius 2 is 1.84 bits per heavy atom. The van der Waals surface area contributed by atoms with Gasteiger partial charge in [-0.05, 0) is 73.1 Å². The highest BCUT2D eigenvalue weighted by Gasteiger charge is 2.76. The van der Waals surface area contributed by atoms with Gasteiger partial charge < -0.3 is 50.5 Å². The van der Waals surface area contributed by atoms with E-state index in [0.717, 1.165) is 22.4 Å². The van der Waals surface area contributed by atoms with Crippen LogP contribution >= 0.6 is 35.1 Å². The van der Waals surface area contributed by atoms with Crippen molar-refractivity contribution in [2.24, 2.45) is 28.6 Å². The molecule has 1 aliphatic heterocycles. The standard InChI is InChI=1S/C42H51BrN3O14PS/c1-40-12-11-26(47)15-24(40)5-8-28-29-16-33-42(32(49)20-58-61(55,56)57,41(29,2)17-31(48)37(28)40)60-39(59-33)23-14-27(62-21-23)13-22-3-6-25(7-4-22)45-38(54)30(9-10-36(52)53)46-35(51)19-44-34(50)18-43/h3-4,6-7,11-12,14-15,21,26,28-31,33,37,39,47-48H,5,8-10,13,16-20H2,1-2H3,(H,44,50)(H,45,54)(H,46,51)(H,52,53)(H2,55,56,57)/t26?,28-,29-,30-,31-,33+,37+,39+,40-,41-,42+/m0/s1. The molecule has 2 heterocycles. The number of amides is 3. The summed E-state index contributed by atoms with van der Waals surface area (Å²) >= 11 is 4.42. The molecule has 1 unspecified atom stereocenters. The van der Waals surface area contributed by atoms with E-state index in [0.29, 0.717) is 30.5 Å². The Balaban J connectivity index is 1.05. The Kier molecular flexibility index (Phi) is 13.5. The number of aliphatic hydroxyl groups excluding tert-OH is 2. The third kappa shape index (κ3) is 9.16. The number of ether oxygens (including phenoxy) is 2. The number of fused-ring (bicyclic) bond motifs is 7. The lowest BCUT2D eigenvalue weighted by Gasteiger charge is -2.60. The van der Waals surface area contributed by atoms with Crippen LogP contribution in [0, 0.1) is 28.6 Å². The zero-order valence-corrected chi connectivity index (χ0v) is 37.3. The third-order valence-electron chi connectivity index (χ3n) is 13.5. The fourth-order valence-electron chi connectivity index (χ4n) is 10.8. The van der Waals surface area contributed by atoms with Crippen molar-refractivity contribution in [2.75, 3.05) is 23.8 Å². The van der Waals surface area contributed by atoms with Crippen molar-refractivity contribution in [3.63, 3.8) is 0 Å². The fourth-order valence-corrected chi connectivity index (χ4v) is 12.3. The first-order valence-electron chi connectivity index (χ1n) is 20.4. The zero-order valence-electron chi connectivity index (χ0n) is 34.0. The highest BCUT2D eigenvalue weighted by molar-refractivity contribution is 9.09. The van der Waals surface area contributed by atoms with Gasteiger partial charge in [0.1, 0.15) is 12.6 Å². The number of carbonyl (C=O) groups is 5. The number of allylic oxidation sites excluding steroid dienone is 2. The van der Waals surface area contributed by atoms with Crippen molar-refractivity contribution < 1.29 is 67.6 Å². The fraction of sp³-hybridized carbons (Fsp3) is 0.548. The first kappa shape index (κ1) is 46.4. The summed E-state index contributed by atoms with van der Waals surface area (Å²) in [6, 6.07) is 7.68. The number of thiophene rings is 1. The van der Waals surface area contributed by atoms with Crippen LogP contribution in [0.5, 0.6) is 0 Å². The van der Waals surface area contributed by atoms with E-state index in [2.05, 4.69) is 38.8 Å². The van der Waals surface area contributed by atoms with Crippen molar-refractivity contribution in [1.82, 2.24) is 10.6 Å². The molecule has 4 aliphatic carbocycles. The average Bonchev–Trinajstić information content (AvgIpc) is 3.90. The summed E-state index contributed by atoms with van der Waals surface area (Å²) in [7, 11) is -5.03. The van der Waals surface area contributed by atoms with Crippen molar-refractivity contribution in [3.8, 4) is 0 Å². The molecule has 336 valence electrons. The van der Waals surface area contributed by atoms with Crippen molar-refractivity contribution >= 4 is 70.3 Å². The number of phosphoric acid groups is 1. The Morgan fingerprint density at radius 3 is 2.53 bits per heavy atom. The minimum Gasteiger partial charge on any atom is -0.481 e. The van der Waals surface area contributed by atoms with Gasteiger partial charge in [0.2, 0.25) is 17.7 Å². The first-order valence-corrected chi connectivity index (χ1v) is 23.9. The normalized spacial score (nSPS) is 32.6. The molecule has 20 heteroatoms. The van der Waals surface area contributed by atoms with Gasteiger partial charge in [0.15, 0.2) is 17.7 Å². The van der Waals surface area contributed by atoms with E-state index in [1.54, 1.807) is 30.3 Å². The van der Waals surface area contributed by atoms with Crippen LogP contribution in [-0.4, -0.2) is 103 Å². The van der Waals surface area contributed by atoms with Gasteiger partial charge in [-0.2, -0.15) is 0 Å². The summed E-state index contributed by atoms with van der Waals surface area (Å²) in [6.45, 7) is 2.71. The molecule has 1 aromatic heterocycles. The number of hydrogen-bond donors (Lipinski definition) is 8. The van der Waals surface area contributed by atoms with Crippen molar-refractivity contribution in [2.45, 2.75) is 95.0 Å². The number of rotatable bonds is 16. The van der Waals surface area contributed by atoms with Crippen LogP contribution in [0.1, 0.15) is 74.7 Å². The molecule has 5 aliphatic rings. The van der Waals surface area contributed by atoms with Gasteiger partial charge in [0.05, 0.1) is 30.2 Å². The van der Waals surface area contributed by atoms with E-state index in [1.807, 2.05) is 30.5 Å². The number of hydrogen-bond acceptors (Lipinski definition) is 12. The van der Waals surface area contributed by atoms with Crippen LogP contribution < -0.4 is 16.0 Å². The second-order valence-electron chi connectivity index (χ2n) is 17.3. The topological polar surface area (TPSA) is 267 Å². The molecular weight excluding hydrogens is 913 g/mol. The number of anilines is 1. The van der Waals surface area contributed by atoms with Gasteiger partial charge in [0.25, 0.3) is 0 Å². The molecule has 4 fully saturated rings. The van der Waals surface area contributed by atoms with Gasteiger partial charge in [-0.1, -0.05) is 65.7 Å². The number of nitrogens with one attached hydrogen (secondary N) is 3. The van der Waals surface area contributed by atoms with Crippen LogP contribution in [0.15, 0.2) is 59.5 Å². The smallest absolute Gasteiger partial charge is 0.470 e. The Bertz CT molecular complexity index is 2200. The summed E-state index contributed by atoms with van der Waals surface area (Å²) in [6.07, 6.45) is 4.21. The summed E-state index contributed by atoms with van der Waals surface area (Å²) in [5, 5.41) is 40.9. The van der Waals surface area contributed by atoms with E-state index in [9.17, 15) is 48.5 Å². The lowest BCUT2D eigenvalue weighted by Crippen LogP contribution is -2.63. The van der Waals surface area contributed by atoms with Crippen molar-refractivity contribution in [3.05, 3.63) is 75.5 Å². The van der Waals surface area contributed by atoms with Gasteiger partial charge in [0, 0.05) is 45.7 Å². The number of carboxylic acid groups (broad SMARTS) is 1. The average molecular weight is 965 g/mol. The maximum atomic E-state index is 14.4. The molecule has 0 bridgehead atoms. The van der Waals surface area contributed by atoms with E-state index >= 15 is 0 Å². The zero-order chi connectivity index (χ0) is 44.8. The predicted molar refractivity (Wildman–Crippen MR) is 227 cm³/mol. The van der Waals surface area contributed by atoms with Gasteiger partial charge >= 0.3 is 13.8 Å². The molecule has 0 spiro atoms. The van der Waals surface area contributed by atoms with E-state index in [4.69, 9.17) is 19.1 Å². The quantitative estimate of drug-likeness (QED) is 0.0679. The highest BCUT2D eigenvalue weighted by Crippen LogP contribution is 2.70. The largest absolute Gasteiger partial charge is 0.481 e. The van der Waals surface area contributed by atoms with E-state index in [1.165, 1.54) is 11.3 Å². The Hall–Kier alpha value is -3.62. The molecule has 8 N–H and O–H groups in total. The second kappa shape index (κ2) is 18.1. The van der Waals surface area contributed by atoms with Crippen LogP contribution in [-0.2, 0) is 49.0 Å². The number of Topliss-reactive ketones (excluding diaryl/α,β-unsaturated/α-hetero) is 1. The molecule has 0 radical (unpaired) electrons. The molecule has 1 saturated heterocycles. The van der Waals surface area contributed by atoms with Gasteiger partial charge in [-0.15, -0.1) is 11.3 Å². The van der Waals surface area contributed by atoms with Crippen LogP contribution in [0.2, 0.25) is 0 Å². The summed E-state index contributed by atoms with van der Waals surface area (Å²) in [4.78, 5) is 82.6. The lowest BCUT2D eigenvalue weighted by molar-refractivity contribution is -0.200. The second-order valence-corrected chi connectivity index (χ2v) is 20.0. The first-order chi connectivity index (χ1) is 29.3. The maximum Gasteiger partial charge on any atom is 0.470 e. The monoisotopic (exact) mass is 963 g/mol. The number of aliphatic hydroxyl groups is 2. The third-order valence-corrected chi connectivity index (χ3v) is 15.5. The molecule has 1 aromatic carbocycles. The van der Waals surface area contributed by atoms with Crippen molar-refractivity contribution in [1.29, 1.82) is 0 Å². The summed E-state index contributed by atoms with van der Waals surface area (Å²) < 4.78 is 30.0. The number of carbonyl (C=O) groups excluding carboxylic acids is 4. The number of phosphoric ester groups is 1.